The van der Waals surface area contributed by atoms with E-state index in [1.165, 1.54) is 16.4 Å². The van der Waals surface area contributed by atoms with Crippen LogP contribution < -0.4 is 5.73 Å². The summed E-state index contributed by atoms with van der Waals surface area (Å²) in [5.74, 6) is -0.670. The molecular weight excluding hydrogens is 357 g/mol. The van der Waals surface area contributed by atoms with Gasteiger partial charge in [-0.3, -0.25) is 4.79 Å². The molecule has 2 saturated heterocycles. The summed E-state index contributed by atoms with van der Waals surface area (Å²) in [6, 6.07) is 3.66. The Morgan fingerprint density at radius 1 is 1.15 bits per heavy atom. The third-order valence-electron chi connectivity index (χ3n) is 6.08. The van der Waals surface area contributed by atoms with Crippen LogP contribution in [-0.4, -0.2) is 55.8 Å². The van der Waals surface area contributed by atoms with Gasteiger partial charge in [-0.05, 0) is 55.7 Å². The van der Waals surface area contributed by atoms with Crippen LogP contribution in [0.3, 0.4) is 0 Å². The highest BCUT2D eigenvalue weighted by Gasteiger charge is 2.45. The van der Waals surface area contributed by atoms with Crippen molar-refractivity contribution in [2.45, 2.75) is 36.6 Å². The van der Waals surface area contributed by atoms with Gasteiger partial charge < -0.3 is 10.6 Å². The summed E-state index contributed by atoms with van der Waals surface area (Å²) in [7, 11) is -3.78. The molecule has 8 heteroatoms. The molecule has 26 heavy (non-hydrogen) atoms. The van der Waals surface area contributed by atoms with E-state index in [1.807, 2.05) is 0 Å². The molecule has 1 aromatic rings. The Morgan fingerprint density at radius 2 is 1.88 bits per heavy atom. The molecule has 6 nitrogen and oxygen atoms in total. The van der Waals surface area contributed by atoms with Gasteiger partial charge in [0.05, 0.1) is 10.5 Å². The van der Waals surface area contributed by atoms with Crippen molar-refractivity contribution in [3.63, 3.8) is 0 Å². The second-order valence-corrected chi connectivity index (χ2v) is 9.57. The van der Waals surface area contributed by atoms with Crippen molar-refractivity contribution in [3.8, 4) is 0 Å². The molecule has 1 saturated carbocycles. The molecule has 3 atom stereocenters. The quantitative estimate of drug-likeness (QED) is 0.858. The number of carbonyl (C=O) groups excluding carboxylic acids is 1. The number of benzene rings is 1. The highest BCUT2D eigenvalue weighted by Crippen LogP contribution is 2.39. The first kappa shape index (κ1) is 17.9. The van der Waals surface area contributed by atoms with Crippen LogP contribution in [0.25, 0.3) is 0 Å². The van der Waals surface area contributed by atoms with Crippen molar-refractivity contribution in [1.29, 1.82) is 0 Å². The minimum absolute atomic E-state index is 0.0393. The van der Waals surface area contributed by atoms with E-state index in [0.29, 0.717) is 32.1 Å². The Kier molecular flexibility index (Phi) is 4.53. The molecular formula is C18H24FN3O3S. The average molecular weight is 381 g/mol. The fraction of sp³-hybridized carbons (Fsp3) is 0.611. The van der Waals surface area contributed by atoms with Crippen LogP contribution in [0.5, 0.6) is 0 Å². The molecule has 1 aromatic carbocycles. The van der Waals surface area contributed by atoms with E-state index in [2.05, 4.69) is 0 Å². The number of likely N-dealkylation sites (tertiary alicyclic amines) is 1. The minimum atomic E-state index is -3.78. The number of hydrogen-bond acceptors (Lipinski definition) is 4. The van der Waals surface area contributed by atoms with Gasteiger partial charge >= 0.3 is 0 Å². The maximum Gasteiger partial charge on any atom is 0.256 e. The van der Waals surface area contributed by atoms with Crippen molar-refractivity contribution >= 4 is 15.9 Å². The number of rotatable bonds is 3. The van der Waals surface area contributed by atoms with Gasteiger partial charge in [0.1, 0.15) is 5.82 Å². The minimum Gasteiger partial charge on any atom is -0.339 e. The standard InChI is InChI=1S/C18H24FN3O3S/c19-16-9-13(4-5-14(16)18(23)21-7-1-2-8-21)26(24,25)22-10-12-3-6-17(20)15(12)11-22/h4-5,9,12,15,17H,1-3,6-8,10-11,20H2. The number of hydrogen-bond donors (Lipinski definition) is 1. The fourth-order valence-corrected chi connectivity index (χ4v) is 6.08. The number of sulfonamides is 1. The van der Waals surface area contributed by atoms with Crippen molar-refractivity contribution in [2.75, 3.05) is 26.2 Å². The number of carbonyl (C=O) groups is 1. The smallest absolute Gasteiger partial charge is 0.256 e. The lowest BCUT2D eigenvalue weighted by Gasteiger charge is -2.19. The molecule has 4 rings (SSSR count). The third-order valence-corrected chi connectivity index (χ3v) is 7.91. The van der Waals surface area contributed by atoms with Gasteiger partial charge in [-0.1, -0.05) is 0 Å². The first-order valence-electron chi connectivity index (χ1n) is 9.22. The summed E-state index contributed by atoms with van der Waals surface area (Å²) in [5, 5.41) is 0. The van der Waals surface area contributed by atoms with E-state index >= 15 is 0 Å². The predicted molar refractivity (Wildman–Crippen MR) is 94.5 cm³/mol. The van der Waals surface area contributed by atoms with Gasteiger partial charge in [-0.2, -0.15) is 4.31 Å². The summed E-state index contributed by atoms with van der Waals surface area (Å²) in [6.07, 6.45) is 3.71. The van der Waals surface area contributed by atoms with Crippen LogP contribution in [0.15, 0.2) is 23.1 Å². The maximum absolute atomic E-state index is 14.5. The zero-order valence-corrected chi connectivity index (χ0v) is 15.4. The zero-order chi connectivity index (χ0) is 18.5. The lowest BCUT2D eigenvalue weighted by Crippen LogP contribution is -2.33. The van der Waals surface area contributed by atoms with Gasteiger partial charge in [0.2, 0.25) is 10.0 Å². The van der Waals surface area contributed by atoms with Crippen LogP contribution in [0.1, 0.15) is 36.0 Å². The van der Waals surface area contributed by atoms with Gasteiger partial charge in [-0.15, -0.1) is 0 Å². The first-order valence-corrected chi connectivity index (χ1v) is 10.7. The molecule has 2 N–H and O–H groups in total. The molecule has 142 valence electrons. The Morgan fingerprint density at radius 3 is 2.54 bits per heavy atom. The molecule has 3 aliphatic rings. The number of amides is 1. The highest BCUT2D eigenvalue weighted by atomic mass is 32.2. The van der Waals surface area contributed by atoms with E-state index in [0.717, 1.165) is 31.7 Å². The Labute approximate surface area is 153 Å². The van der Waals surface area contributed by atoms with Crippen LogP contribution in [-0.2, 0) is 10.0 Å². The molecule has 1 aliphatic carbocycles. The second kappa shape index (κ2) is 6.58. The number of nitrogens with zero attached hydrogens (tertiary/aromatic N) is 2. The van der Waals surface area contributed by atoms with Crippen molar-refractivity contribution in [2.24, 2.45) is 17.6 Å². The number of halogens is 1. The van der Waals surface area contributed by atoms with Crippen molar-refractivity contribution in [1.82, 2.24) is 9.21 Å². The summed E-state index contributed by atoms with van der Waals surface area (Å²) >= 11 is 0. The Balaban J connectivity index is 1.56. The number of fused-ring (bicyclic) bond motifs is 1. The van der Waals surface area contributed by atoms with E-state index in [4.69, 9.17) is 5.73 Å². The van der Waals surface area contributed by atoms with E-state index < -0.39 is 15.8 Å². The summed E-state index contributed by atoms with van der Waals surface area (Å²) < 4.78 is 41.7. The van der Waals surface area contributed by atoms with Gasteiger partial charge in [-0.25, -0.2) is 12.8 Å². The third kappa shape index (κ3) is 2.93. The Hall–Kier alpha value is -1.51. The summed E-state index contributed by atoms with van der Waals surface area (Å²) in [6.45, 7) is 2.07. The van der Waals surface area contributed by atoms with Crippen molar-refractivity contribution < 1.29 is 17.6 Å². The normalized spacial score (nSPS) is 29.3. The molecule has 0 radical (unpaired) electrons. The van der Waals surface area contributed by atoms with E-state index in [1.54, 1.807) is 4.90 Å². The van der Waals surface area contributed by atoms with Crippen molar-refractivity contribution in [3.05, 3.63) is 29.6 Å². The largest absolute Gasteiger partial charge is 0.339 e. The molecule has 2 heterocycles. The molecule has 1 amide bonds. The molecule has 0 aromatic heterocycles. The van der Waals surface area contributed by atoms with Gasteiger partial charge in [0.25, 0.3) is 5.91 Å². The van der Waals surface area contributed by atoms with Crippen LogP contribution >= 0.6 is 0 Å². The van der Waals surface area contributed by atoms with E-state index in [9.17, 15) is 17.6 Å². The number of nitrogens with two attached hydrogens (primary N) is 1. The van der Waals surface area contributed by atoms with Crippen LogP contribution in [0.2, 0.25) is 0 Å². The molecule has 0 spiro atoms. The first-order chi connectivity index (χ1) is 12.4. The topological polar surface area (TPSA) is 83.7 Å². The predicted octanol–water partition coefficient (Wildman–Crippen LogP) is 1.42. The lowest BCUT2D eigenvalue weighted by molar-refractivity contribution is 0.0788. The van der Waals surface area contributed by atoms with Gasteiger partial charge in [0, 0.05) is 32.2 Å². The highest BCUT2D eigenvalue weighted by molar-refractivity contribution is 7.89. The molecule has 3 fully saturated rings. The monoisotopic (exact) mass is 381 g/mol. The van der Waals surface area contributed by atoms with Crippen LogP contribution in [0.4, 0.5) is 4.39 Å². The molecule has 2 aliphatic heterocycles. The Bertz CT molecular complexity index is 823. The second-order valence-electron chi connectivity index (χ2n) is 7.63. The summed E-state index contributed by atoms with van der Waals surface area (Å²) in [4.78, 5) is 13.9. The van der Waals surface area contributed by atoms with Crippen LogP contribution in [0, 0.1) is 17.7 Å². The maximum atomic E-state index is 14.5. The SMILES string of the molecule is NC1CCC2CN(S(=O)(=O)c3ccc(C(=O)N4CCCC4)c(F)c3)CC12. The zero-order valence-electron chi connectivity index (χ0n) is 14.6. The lowest BCUT2D eigenvalue weighted by atomic mass is 9.98. The summed E-state index contributed by atoms with van der Waals surface area (Å²) in [5.41, 5.74) is 6.01. The molecule has 3 unspecified atom stereocenters. The van der Waals surface area contributed by atoms with Gasteiger partial charge in [0.15, 0.2) is 0 Å². The molecule has 0 bridgehead atoms. The average Bonchev–Trinajstić information content (AvgIpc) is 3.33. The van der Waals surface area contributed by atoms with E-state index in [-0.39, 0.29) is 28.3 Å². The fourth-order valence-electron chi connectivity index (χ4n) is 4.53.